The highest BCUT2D eigenvalue weighted by atomic mass is 79.9. The number of benzene rings is 3. The average Bonchev–Trinajstić information content (AvgIpc) is 2.84. The van der Waals surface area contributed by atoms with Crippen molar-refractivity contribution in [2.24, 2.45) is 0 Å². The molecular formula is C25H24BrNO5S. The van der Waals surface area contributed by atoms with E-state index < -0.39 is 15.8 Å². The van der Waals surface area contributed by atoms with E-state index in [1.165, 1.54) is 26.3 Å². The summed E-state index contributed by atoms with van der Waals surface area (Å²) in [4.78, 5) is 13.7. The van der Waals surface area contributed by atoms with Crippen molar-refractivity contribution >= 4 is 36.2 Å². The maximum absolute atomic E-state index is 13.6. The van der Waals surface area contributed by atoms with E-state index >= 15 is 0 Å². The van der Waals surface area contributed by atoms with E-state index in [0.29, 0.717) is 27.1 Å². The largest absolute Gasteiger partial charge is 0.497 e. The highest BCUT2D eigenvalue weighted by Gasteiger charge is 2.30. The Kier molecular flexibility index (Phi) is 7.61. The molecule has 172 valence electrons. The molecular weight excluding hydrogens is 506 g/mol. The van der Waals surface area contributed by atoms with Crippen molar-refractivity contribution in [3.05, 3.63) is 95.2 Å². The lowest BCUT2D eigenvalue weighted by Crippen LogP contribution is -2.31. The van der Waals surface area contributed by atoms with Crippen LogP contribution in [-0.2, 0) is 10.0 Å². The van der Waals surface area contributed by atoms with Gasteiger partial charge in [0.05, 0.1) is 23.6 Å². The van der Waals surface area contributed by atoms with Crippen molar-refractivity contribution in [3.8, 4) is 11.5 Å². The van der Waals surface area contributed by atoms with E-state index in [-0.39, 0.29) is 10.6 Å². The van der Waals surface area contributed by atoms with Gasteiger partial charge in [-0.2, -0.15) is 0 Å². The number of Topliss-reactive ketones (excluding diaryl/α,β-unsaturated/α-hetero) is 1. The van der Waals surface area contributed by atoms with Crippen molar-refractivity contribution < 1.29 is 22.7 Å². The Morgan fingerprint density at radius 3 is 1.70 bits per heavy atom. The number of hydrogen-bond acceptors (Lipinski definition) is 5. The summed E-state index contributed by atoms with van der Waals surface area (Å²) < 4.78 is 38.6. The molecule has 33 heavy (non-hydrogen) atoms. The number of likely N-dealkylation sites (N-methyl/N-ethyl adjacent to an activating group) is 1. The van der Waals surface area contributed by atoms with Crippen molar-refractivity contribution in [1.82, 2.24) is 4.31 Å². The molecule has 0 unspecified atom stereocenters. The van der Waals surface area contributed by atoms with Gasteiger partial charge < -0.3 is 9.47 Å². The van der Waals surface area contributed by atoms with E-state index in [0.717, 1.165) is 9.87 Å². The monoisotopic (exact) mass is 529 g/mol. The van der Waals surface area contributed by atoms with Gasteiger partial charge >= 0.3 is 0 Å². The lowest BCUT2D eigenvalue weighted by atomic mass is 10.1. The van der Waals surface area contributed by atoms with Gasteiger partial charge in [0.2, 0.25) is 5.78 Å². The number of ether oxygens (including phenoxy) is 2. The third kappa shape index (κ3) is 5.29. The fourth-order valence-electron chi connectivity index (χ4n) is 3.12. The zero-order chi connectivity index (χ0) is 24.2. The van der Waals surface area contributed by atoms with Crippen molar-refractivity contribution in [2.75, 3.05) is 21.3 Å². The number of methoxy groups -OCH3 is 2. The van der Waals surface area contributed by atoms with Crippen LogP contribution >= 0.6 is 15.9 Å². The lowest BCUT2D eigenvalue weighted by Gasteiger charge is -2.24. The van der Waals surface area contributed by atoms with E-state index in [4.69, 9.17) is 9.47 Å². The Morgan fingerprint density at radius 2 is 1.24 bits per heavy atom. The summed E-state index contributed by atoms with van der Waals surface area (Å²) in [5.74, 6) is 0.771. The number of hydrogen-bond donors (Lipinski definition) is 0. The number of nitrogens with zero attached hydrogens (tertiary/aromatic N) is 1. The highest BCUT2D eigenvalue weighted by Crippen LogP contribution is 2.33. The third-order valence-corrected chi connectivity index (χ3v) is 7.72. The smallest absolute Gasteiger partial charge is 0.264 e. The minimum atomic E-state index is -4.01. The molecule has 0 aromatic heterocycles. The van der Waals surface area contributed by atoms with Gasteiger partial charge in [-0.1, -0.05) is 29.8 Å². The topological polar surface area (TPSA) is 72.9 Å². The second-order valence-corrected chi connectivity index (χ2v) is 10.00. The molecule has 0 aliphatic rings. The maximum Gasteiger partial charge on any atom is 0.264 e. The maximum atomic E-state index is 13.6. The molecule has 0 saturated carbocycles. The summed E-state index contributed by atoms with van der Waals surface area (Å²) in [5.41, 5.74) is 1.85. The number of carbonyl (C=O) groups excluding carboxylic acids is 1. The van der Waals surface area contributed by atoms with Crippen molar-refractivity contribution in [3.63, 3.8) is 0 Å². The average molecular weight is 530 g/mol. The van der Waals surface area contributed by atoms with E-state index in [2.05, 4.69) is 15.9 Å². The van der Waals surface area contributed by atoms with Crippen LogP contribution in [-0.4, -0.2) is 39.8 Å². The Hall–Kier alpha value is -3.10. The summed E-state index contributed by atoms with van der Waals surface area (Å²) >= 11 is 3.49. The summed E-state index contributed by atoms with van der Waals surface area (Å²) in [5, 5.41) is 0. The van der Waals surface area contributed by atoms with Gasteiger partial charge in [-0.3, -0.25) is 9.10 Å². The molecule has 0 aliphatic carbocycles. The molecule has 0 saturated heterocycles. The number of sulfonamides is 1. The Balaban J connectivity index is 2.16. The Labute approximate surface area is 202 Å². The standard InChI is InChI=1S/C25H24BrNO5S/c1-17-5-15-22(16-6-17)33(29,30)27(2)24(23(26)18-7-11-20(31-3)12-8-18)25(28)19-9-13-21(32-4)14-10-19/h5-16H,1-4H3/b24-23-. The molecule has 8 heteroatoms. The highest BCUT2D eigenvalue weighted by molar-refractivity contribution is 9.15. The van der Waals surface area contributed by atoms with Crippen LogP contribution in [0.2, 0.25) is 0 Å². The fourth-order valence-corrected chi connectivity index (χ4v) is 5.16. The number of carbonyl (C=O) groups is 1. The Morgan fingerprint density at radius 1 is 0.788 bits per heavy atom. The number of halogens is 1. The van der Waals surface area contributed by atoms with Crippen molar-refractivity contribution in [1.29, 1.82) is 0 Å². The minimum Gasteiger partial charge on any atom is -0.497 e. The fraction of sp³-hybridized carbons (Fsp3) is 0.160. The molecule has 0 bridgehead atoms. The van der Waals surface area contributed by atoms with Gasteiger partial charge in [0.25, 0.3) is 10.0 Å². The molecule has 0 fully saturated rings. The van der Waals surface area contributed by atoms with E-state index in [9.17, 15) is 13.2 Å². The van der Waals surface area contributed by atoms with Crippen LogP contribution in [0, 0.1) is 6.92 Å². The summed E-state index contributed by atoms with van der Waals surface area (Å²) in [6.07, 6.45) is 0. The second kappa shape index (κ2) is 10.2. The van der Waals surface area contributed by atoms with Crippen LogP contribution < -0.4 is 9.47 Å². The lowest BCUT2D eigenvalue weighted by molar-refractivity contribution is 0.101. The molecule has 0 amide bonds. The second-order valence-electron chi connectivity index (χ2n) is 7.23. The molecule has 0 N–H and O–H groups in total. The molecule has 0 radical (unpaired) electrons. The van der Waals surface area contributed by atoms with Gasteiger partial charge in [0.15, 0.2) is 0 Å². The first-order valence-corrected chi connectivity index (χ1v) is 12.2. The molecule has 3 aromatic rings. The number of ketones is 1. The zero-order valence-electron chi connectivity index (χ0n) is 18.7. The number of rotatable bonds is 8. The molecule has 0 heterocycles. The van der Waals surface area contributed by atoms with Crippen LogP contribution in [0.3, 0.4) is 0 Å². The predicted molar refractivity (Wildman–Crippen MR) is 132 cm³/mol. The van der Waals surface area contributed by atoms with Crippen LogP contribution in [0.1, 0.15) is 21.5 Å². The first-order valence-electron chi connectivity index (χ1n) is 9.97. The zero-order valence-corrected chi connectivity index (χ0v) is 21.1. The summed E-state index contributed by atoms with van der Waals surface area (Å²) in [7, 11) is 0.448. The van der Waals surface area contributed by atoms with Crippen LogP contribution in [0.4, 0.5) is 0 Å². The first kappa shape index (κ1) is 24.5. The SMILES string of the molecule is COc1ccc(C(=O)/C(=C(/Br)c2ccc(OC)cc2)N(C)S(=O)(=O)c2ccc(C)cc2)cc1. The van der Waals surface area contributed by atoms with Crippen LogP contribution in [0.15, 0.2) is 83.4 Å². The van der Waals surface area contributed by atoms with Gasteiger partial charge in [-0.05, 0) is 76.9 Å². The van der Waals surface area contributed by atoms with Crippen LogP contribution in [0.25, 0.3) is 4.48 Å². The Bertz CT molecular complexity index is 1270. The molecule has 6 nitrogen and oxygen atoms in total. The minimum absolute atomic E-state index is 0.0223. The molecule has 0 atom stereocenters. The van der Waals surface area contributed by atoms with Gasteiger partial charge in [-0.25, -0.2) is 8.42 Å². The predicted octanol–water partition coefficient (Wildman–Crippen LogP) is 5.28. The van der Waals surface area contributed by atoms with Gasteiger partial charge in [-0.15, -0.1) is 0 Å². The molecule has 3 rings (SSSR count). The molecule has 0 aliphatic heterocycles. The van der Waals surface area contributed by atoms with E-state index in [1.807, 2.05) is 6.92 Å². The van der Waals surface area contributed by atoms with Gasteiger partial charge in [0.1, 0.15) is 17.2 Å². The van der Waals surface area contributed by atoms with Gasteiger partial charge in [0, 0.05) is 12.6 Å². The summed E-state index contributed by atoms with van der Waals surface area (Å²) in [6.45, 7) is 1.87. The normalized spacial score (nSPS) is 12.0. The quantitative estimate of drug-likeness (QED) is 0.293. The number of aryl methyl sites for hydroxylation is 1. The molecule has 3 aromatic carbocycles. The molecule has 0 spiro atoms. The van der Waals surface area contributed by atoms with Crippen molar-refractivity contribution in [2.45, 2.75) is 11.8 Å². The first-order chi connectivity index (χ1) is 15.7. The summed E-state index contributed by atoms with van der Waals surface area (Å²) in [6, 6.07) is 20.0. The van der Waals surface area contributed by atoms with E-state index in [1.54, 1.807) is 67.8 Å². The van der Waals surface area contributed by atoms with Crippen LogP contribution in [0.5, 0.6) is 11.5 Å². The number of allylic oxidation sites excluding steroid dienone is 1. The third-order valence-electron chi connectivity index (χ3n) is 5.11.